The molecule has 2 aliphatic rings. The first-order chi connectivity index (χ1) is 14.2. The molecule has 0 radical (unpaired) electrons. The van der Waals surface area contributed by atoms with Crippen molar-refractivity contribution in [2.24, 2.45) is 10.9 Å². The Bertz CT molecular complexity index is 678. The van der Waals surface area contributed by atoms with E-state index < -0.39 is 0 Å². The van der Waals surface area contributed by atoms with E-state index in [9.17, 15) is 4.79 Å². The van der Waals surface area contributed by atoms with E-state index in [0.29, 0.717) is 19.6 Å². The van der Waals surface area contributed by atoms with Crippen molar-refractivity contribution in [3.8, 4) is 0 Å². The van der Waals surface area contributed by atoms with Gasteiger partial charge in [-0.05, 0) is 37.5 Å². The zero-order chi connectivity index (χ0) is 20.5. The van der Waals surface area contributed by atoms with Crippen LogP contribution in [0.1, 0.15) is 31.4 Å². The van der Waals surface area contributed by atoms with Gasteiger partial charge >= 0.3 is 0 Å². The Labute approximate surface area is 201 Å². The van der Waals surface area contributed by atoms with Gasteiger partial charge in [-0.2, -0.15) is 0 Å². The Morgan fingerprint density at radius 2 is 1.83 bits per heavy atom. The number of nitrogens with one attached hydrogen (secondary N) is 3. The van der Waals surface area contributed by atoms with E-state index in [-0.39, 0.29) is 41.8 Å². The van der Waals surface area contributed by atoms with Gasteiger partial charge in [0.25, 0.3) is 0 Å². The van der Waals surface area contributed by atoms with E-state index >= 15 is 0 Å². The highest BCUT2D eigenvalue weighted by atomic mass is 127. The zero-order valence-corrected chi connectivity index (χ0v) is 20.6. The third kappa shape index (κ3) is 8.20. The molecule has 1 unspecified atom stereocenters. The third-order valence-corrected chi connectivity index (χ3v) is 5.42. The van der Waals surface area contributed by atoms with Crippen LogP contribution in [0.25, 0.3) is 0 Å². The van der Waals surface area contributed by atoms with Gasteiger partial charge in [-0.1, -0.05) is 23.7 Å². The summed E-state index contributed by atoms with van der Waals surface area (Å²) < 4.78 is 5.52. The molecule has 168 valence electrons. The first-order valence-electron chi connectivity index (χ1n) is 10.5. The number of ether oxygens (including phenoxy) is 1. The number of benzene rings is 1. The highest BCUT2D eigenvalue weighted by molar-refractivity contribution is 14.0. The maximum Gasteiger partial charge on any atom is 0.223 e. The van der Waals surface area contributed by atoms with Crippen molar-refractivity contribution in [1.82, 2.24) is 20.9 Å². The summed E-state index contributed by atoms with van der Waals surface area (Å²) in [6.45, 7) is 7.97. The molecular formula is C21H33ClIN5O2. The minimum atomic E-state index is 0. The molecule has 1 aliphatic carbocycles. The topological polar surface area (TPSA) is 78.0 Å². The zero-order valence-electron chi connectivity index (χ0n) is 17.5. The summed E-state index contributed by atoms with van der Waals surface area (Å²) in [4.78, 5) is 19.0. The highest BCUT2D eigenvalue weighted by Crippen LogP contribution is 2.28. The molecule has 1 amide bonds. The van der Waals surface area contributed by atoms with Crippen LogP contribution in [0, 0.1) is 5.92 Å². The van der Waals surface area contributed by atoms with Gasteiger partial charge in [-0.25, -0.2) is 0 Å². The Hall–Kier alpha value is -1.10. The standard InChI is InChI=1S/C21H32ClN5O2.HI/c1-2-23-21(25-10-9-24-20(28)17-3-4-17)26-15-19(27-11-13-29-14-12-27)16-5-7-18(22)8-6-16;/h5-8,17,19H,2-4,9-15H2,1H3,(H,24,28)(H2,23,25,26);1H. The summed E-state index contributed by atoms with van der Waals surface area (Å²) >= 11 is 6.08. The summed E-state index contributed by atoms with van der Waals surface area (Å²) in [5.74, 6) is 1.18. The first-order valence-corrected chi connectivity index (χ1v) is 10.9. The number of amides is 1. The van der Waals surface area contributed by atoms with Crippen molar-refractivity contribution in [1.29, 1.82) is 0 Å². The number of guanidine groups is 1. The molecule has 1 heterocycles. The summed E-state index contributed by atoms with van der Waals surface area (Å²) in [5, 5.41) is 10.3. The lowest BCUT2D eigenvalue weighted by Crippen LogP contribution is -2.43. The number of carbonyl (C=O) groups excluding carboxylic acids is 1. The number of aliphatic imine (C=N–C) groups is 1. The molecule has 1 saturated heterocycles. The summed E-state index contributed by atoms with van der Waals surface area (Å²) in [6.07, 6.45) is 2.05. The van der Waals surface area contributed by atoms with Crippen LogP contribution in [0.15, 0.2) is 29.3 Å². The molecule has 1 atom stereocenters. The first kappa shape index (κ1) is 25.2. The van der Waals surface area contributed by atoms with Crippen LogP contribution in [0.3, 0.4) is 0 Å². The van der Waals surface area contributed by atoms with Gasteiger partial charge < -0.3 is 20.7 Å². The number of hydrogen-bond acceptors (Lipinski definition) is 4. The second kappa shape index (κ2) is 13.3. The summed E-state index contributed by atoms with van der Waals surface area (Å²) in [6, 6.07) is 8.18. The van der Waals surface area contributed by atoms with E-state index in [4.69, 9.17) is 21.3 Å². The van der Waals surface area contributed by atoms with E-state index in [2.05, 4.69) is 33.0 Å². The largest absolute Gasteiger partial charge is 0.379 e. The van der Waals surface area contributed by atoms with Crippen LogP contribution in [-0.4, -0.2) is 69.2 Å². The van der Waals surface area contributed by atoms with Crippen LogP contribution in [0.5, 0.6) is 0 Å². The van der Waals surface area contributed by atoms with E-state index in [1.807, 2.05) is 19.1 Å². The van der Waals surface area contributed by atoms with Crippen molar-refractivity contribution in [2.75, 3.05) is 52.5 Å². The number of rotatable bonds is 9. The number of nitrogens with zero attached hydrogens (tertiary/aromatic N) is 2. The monoisotopic (exact) mass is 549 g/mol. The number of morpholine rings is 1. The SMILES string of the molecule is CCNC(=NCC(c1ccc(Cl)cc1)N1CCOCC1)NCCNC(=O)C1CC1.I. The fourth-order valence-corrected chi connectivity index (χ4v) is 3.51. The second-order valence-electron chi connectivity index (χ2n) is 7.43. The fourth-order valence-electron chi connectivity index (χ4n) is 3.38. The Morgan fingerprint density at radius 1 is 1.17 bits per heavy atom. The number of halogens is 2. The molecule has 2 fully saturated rings. The van der Waals surface area contributed by atoms with Crippen LogP contribution >= 0.6 is 35.6 Å². The normalized spacial score (nSPS) is 18.3. The molecule has 0 aromatic heterocycles. The average Bonchev–Trinajstić information content (AvgIpc) is 3.58. The second-order valence-corrected chi connectivity index (χ2v) is 7.86. The molecule has 9 heteroatoms. The lowest BCUT2D eigenvalue weighted by atomic mass is 10.0. The molecular weight excluding hydrogens is 517 g/mol. The van der Waals surface area contributed by atoms with Crippen molar-refractivity contribution >= 4 is 47.4 Å². The van der Waals surface area contributed by atoms with Crippen molar-refractivity contribution < 1.29 is 9.53 Å². The Kier molecular flexibility index (Phi) is 11.2. The maximum atomic E-state index is 11.7. The smallest absolute Gasteiger partial charge is 0.223 e. The van der Waals surface area contributed by atoms with E-state index in [1.54, 1.807) is 0 Å². The number of carbonyl (C=O) groups is 1. The molecule has 0 bridgehead atoms. The van der Waals surface area contributed by atoms with Gasteiger partial charge in [0, 0.05) is 43.7 Å². The fraction of sp³-hybridized carbons (Fsp3) is 0.619. The Morgan fingerprint density at radius 3 is 2.47 bits per heavy atom. The lowest BCUT2D eigenvalue weighted by Gasteiger charge is -2.34. The van der Waals surface area contributed by atoms with Crippen molar-refractivity contribution in [2.45, 2.75) is 25.8 Å². The van der Waals surface area contributed by atoms with Gasteiger partial charge in [0.1, 0.15) is 0 Å². The lowest BCUT2D eigenvalue weighted by molar-refractivity contribution is -0.122. The van der Waals surface area contributed by atoms with Crippen molar-refractivity contribution in [3.05, 3.63) is 34.9 Å². The molecule has 3 N–H and O–H groups in total. The minimum Gasteiger partial charge on any atom is -0.379 e. The molecule has 1 aliphatic heterocycles. The summed E-state index contributed by atoms with van der Waals surface area (Å²) in [5.41, 5.74) is 1.20. The maximum absolute atomic E-state index is 11.7. The molecule has 3 rings (SSSR count). The van der Waals surface area contributed by atoms with Gasteiger partial charge in [-0.3, -0.25) is 14.7 Å². The van der Waals surface area contributed by atoms with E-state index in [0.717, 1.165) is 56.7 Å². The van der Waals surface area contributed by atoms with Crippen LogP contribution in [0.2, 0.25) is 5.02 Å². The predicted octanol–water partition coefficient (Wildman–Crippen LogP) is 2.41. The molecule has 7 nitrogen and oxygen atoms in total. The Balaban J connectivity index is 0.00000320. The van der Waals surface area contributed by atoms with Gasteiger partial charge in [0.2, 0.25) is 5.91 Å². The van der Waals surface area contributed by atoms with Crippen LogP contribution in [-0.2, 0) is 9.53 Å². The minimum absolute atomic E-state index is 0. The van der Waals surface area contributed by atoms with Gasteiger partial charge in [0.05, 0.1) is 25.8 Å². The van der Waals surface area contributed by atoms with Gasteiger partial charge in [-0.15, -0.1) is 24.0 Å². The molecule has 1 aromatic rings. The van der Waals surface area contributed by atoms with E-state index in [1.165, 1.54) is 5.56 Å². The quantitative estimate of drug-likeness (QED) is 0.191. The predicted molar refractivity (Wildman–Crippen MR) is 132 cm³/mol. The number of hydrogen-bond donors (Lipinski definition) is 3. The van der Waals surface area contributed by atoms with Crippen LogP contribution < -0.4 is 16.0 Å². The summed E-state index contributed by atoms with van der Waals surface area (Å²) in [7, 11) is 0. The highest BCUT2D eigenvalue weighted by Gasteiger charge is 2.29. The molecule has 30 heavy (non-hydrogen) atoms. The molecule has 0 spiro atoms. The van der Waals surface area contributed by atoms with Crippen LogP contribution in [0.4, 0.5) is 0 Å². The molecule has 1 saturated carbocycles. The molecule has 1 aromatic carbocycles. The van der Waals surface area contributed by atoms with Gasteiger partial charge in [0.15, 0.2) is 5.96 Å². The third-order valence-electron chi connectivity index (χ3n) is 5.17. The van der Waals surface area contributed by atoms with Crippen molar-refractivity contribution in [3.63, 3.8) is 0 Å². The average molecular weight is 550 g/mol.